The van der Waals surface area contributed by atoms with Gasteiger partial charge in [-0.05, 0) is 49.2 Å². The number of unbranched alkanes of at least 4 members (excludes halogenated alkanes) is 1. The maximum atomic E-state index is 14.3. The summed E-state index contributed by atoms with van der Waals surface area (Å²) in [6, 6.07) is 25.1. The normalized spacial score (nSPS) is 13.9. The zero-order chi connectivity index (χ0) is 27.5. The van der Waals surface area contributed by atoms with E-state index in [-0.39, 0.29) is 29.7 Å². The summed E-state index contributed by atoms with van der Waals surface area (Å²) in [5.74, 6) is -0.627. The van der Waals surface area contributed by atoms with Crippen LogP contribution in [0, 0.1) is 17.0 Å². The number of rotatable bonds is 8. The Bertz CT molecular complexity index is 1540. The van der Waals surface area contributed by atoms with Crippen LogP contribution in [-0.4, -0.2) is 39.3 Å². The van der Waals surface area contributed by atoms with Crippen LogP contribution in [0.1, 0.15) is 53.0 Å². The molecule has 39 heavy (non-hydrogen) atoms. The van der Waals surface area contributed by atoms with Gasteiger partial charge in [0.15, 0.2) is 0 Å². The number of para-hydroxylation sites is 2. The summed E-state index contributed by atoms with van der Waals surface area (Å²) in [5, 5.41) is 11.3. The maximum Gasteiger partial charge on any atom is 0.270 e. The summed E-state index contributed by atoms with van der Waals surface area (Å²) in [5.41, 5.74) is 4.70. The van der Waals surface area contributed by atoms with Gasteiger partial charge in [-0.3, -0.25) is 24.6 Å². The number of nitro groups is 1. The zero-order valence-electron chi connectivity index (χ0n) is 22.0. The molecule has 0 saturated heterocycles. The summed E-state index contributed by atoms with van der Waals surface area (Å²) in [4.78, 5) is 41.9. The highest BCUT2D eigenvalue weighted by molar-refractivity contribution is 6.02. The number of hydrogen-bond donors (Lipinski definition) is 0. The van der Waals surface area contributed by atoms with Crippen molar-refractivity contribution in [2.24, 2.45) is 0 Å². The van der Waals surface area contributed by atoms with E-state index in [9.17, 15) is 19.7 Å². The molecule has 0 saturated carbocycles. The van der Waals surface area contributed by atoms with Gasteiger partial charge in [0.1, 0.15) is 12.6 Å². The van der Waals surface area contributed by atoms with Crippen LogP contribution in [0.2, 0.25) is 0 Å². The van der Waals surface area contributed by atoms with Gasteiger partial charge in [0.25, 0.3) is 11.6 Å². The first-order valence-electron chi connectivity index (χ1n) is 13.1. The second kappa shape index (κ2) is 10.9. The van der Waals surface area contributed by atoms with E-state index >= 15 is 0 Å². The Labute approximate surface area is 227 Å². The SMILES string of the molecule is CCCCN(CC(=O)N1c2ccccc2-n2cccc2C1c1cccc(C)c1)C(=O)c1cccc([N+](=O)[O-])c1. The number of non-ortho nitro benzene ring substituents is 1. The minimum Gasteiger partial charge on any atom is -0.329 e. The number of fused-ring (bicyclic) bond motifs is 3. The number of aryl methyl sites for hydroxylation is 1. The Balaban J connectivity index is 1.55. The van der Waals surface area contributed by atoms with Crippen molar-refractivity contribution in [2.45, 2.75) is 32.7 Å². The van der Waals surface area contributed by atoms with Gasteiger partial charge in [0.05, 0.1) is 22.0 Å². The van der Waals surface area contributed by atoms with Crippen LogP contribution in [-0.2, 0) is 4.79 Å². The summed E-state index contributed by atoms with van der Waals surface area (Å²) >= 11 is 0. The molecule has 0 bridgehead atoms. The largest absolute Gasteiger partial charge is 0.329 e. The van der Waals surface area contributed by atoms with Crippen molar-refractivity contribution in [1.82, 2.24) is 9.47 Å². The highest BCUT2D eigenvalue weighted by Crippen LogP contribution is 2.42. The molecular weight excluding hydrogens is 492 g/mol. The fourth-order valence-corrected chi connectivity index (χ4v) is 5.19. The van der Waals surface area contributed by atoms with E-state index in [0.29, 0.717) is 13.0 Å². The van der Waals surface area contributed by atoms with Gasteiger partial charge in [-0.1, -0.05) is 61.4 Å². The highest BCUT2D eigenvalue weighted by Gasteiger charge is 2.37. The molecule has 1 atom stereocenters. The molecule has 8 nitrogen and oxygen atoms in total. The molecule has 198 valence electrons. The second-order valence-corrected chi connectivity index (χ2v) is 9.76. The first-order valence-corrected chi connectivity index (χ1v) is 13.1. The van der Waals surface area contributed by atoms with Crippen LogP contribution >= 0.6 is 0 Å². The van der Waals surface area contributed by atoms with Crippen LogP contribution in [0.15, 0.2) is 91.1 Å². The molecule has 0 aliphatic carbocycles. The Kier molecular flexibility index (Phi) is 7.27. The van der Waals surface area contributed by atoms with Gasteiger partial charge in [-0.25, -0.2) is 0 Å². The zero-order valence-corrected chi connectivity index (χ0v) is 22.0. The fraction of sp³-hybridized carbons (Fsp3) is 0.226. The number of carbonyl (C=O) groups is 2. The van der Waals surface area contributed by atoms with Gasteiger partial charge in [0, 0.05) is 30.4 Å². The van der Waals surface area contributed by atoms with Crippen LogP contribution in [0.4, 0.5) is 11.4 Å². The molecule has 1 aromatic heterocycles. The molecule has 0 N–H and O–H groups in total. The van der Waals surface area contributed by atoms with Crippen molar-refractivity contribution in [3.63, 3.8) is 0 Å². The van der Waals surface area contributed by atoms with Crippen molar-refractivity contribution in [1.29, 1.82) is 0 Å². The molecule has 1 aliphatic rings. The number of carbonyl (C=O) groups excluding carboxylic acids is 2. The second-order valence-electron chi connectivity index (χ2n) is 9.76. The van der Waals surface area contributed by atoms with Gasteiger partial charge in [0.2, 0.25) is 5.91 Å². The van der Waals surface area contributed by atoms with Crippen molar-refractivity contribution in [3.8, 4) is 5.69 Å². The van der Waals surface area contributed by atoms with Crippen molar-refractivity contribution in [3.05, 3.63) is 124 Å². The molecule has 1 aliphatic heterocycles. The molecule has 0 fully saturated rings. The quantitative estimate of drug-likeness (QED) is 0.207. The van der Waals surface area contributed by atoms with Crippen LogP contribution < -0.4 is 4.90 Å². The number of hydrogen-bond acceptors (Lipinski definition) is 4. The molecule has 5 rings (SSSR count). The fourth-order valence-electron chi connectivity index (χ4n) is 5.19. The number of aromatic nitrogens is 1. The highest BCUT2D eigenvalue weighted by atomic mass is 16.6. The van der Waals surface area contributed by atoms with Crippen LogP contribution in [0.25, 0.3) is 5.69 Å². The molecule has 8 heteroatoms. The van der Waals surface area contributed by atoms with Gasteiger partial charge >= 0.3 is 0 Å². The molecule has 0 radical (unpaired) electrons. The van der Waals surface area contributed by atoms with Crippen molar-refractivity contribution < 1.29 is 14.5 Å². The summed E-state index contributed by atoms with van der Waals surface area (Å²) < 4.78 is 2.11. The van der Waals surface area contributed by atoms with Gasteiger partial charge < -0.3 is 9.47 Å². The van der Waals surface area contributed by atoms with E-state index < -0.39 is 10.8 Å². The smallest absolute Gasteiger partial charge is 0.270 e. The lowest BCUT2D eigenvalue weighted by Crippen LogP contribution is -2.47. The maximum absolute atomic E-state index is 14.3. The minimum absolute atomic E-state index is 0.154. The van der Waals surface area contributed by atoms with Gasteiger partial charge in [-0.2, -0.15) is 0 Å². The third-order valence-corrected chi connectivity index (χ3v) is 7.04. The Morgan fingerprint density at radius 3 is 2.46 bits per heavy atom. The standard InChI is InChI=1S/C31H30N4O4/c1-3-4-17-32(31(37)24-12-8-13-25(20-24)35(38)39)21-29(36)34-27-15-6-5-14-26(27)33-18-9-16-28(33)30(34)23-11-7-10-22(2)19-23/h5-16,18-20,30H,3-4,17,21H2,1-2H3. The number of nitro benzene ring substituents is 1. The Morgan fingerprint density at radius 2 is 1.72 bits per heavy atom. The third kappa shape index (κ3) is 5.05. The number of anilines is 1. The molecular formula is C31H30N4O4. The van der Waals surface area contributed by atoms with Gasteiger partial charge in [-0.15, -0.1) is 0 Å². The lowest BCUT2D eigenvalue weighted by atomic mass is 9.96. The predicted molar refractivity (Wildman–Crippen MR) is 150 cm³/mol. The minimum atomic E-state index is -0.523. The number of nitrogens with zero attached hydrogens (tertiary/aromatic N) is 4. The molecule has 2 heterocycles. The van der Waals surface area contributed by atoms with E-state index in [4.69, 9.17) is 0 Å². The lowest BCUT2D eigenvalue weighted by Gasteiger charge is -2.39. The van der Waals surface area contributed by atoms with E-state index in [0.717, 1.165) is 34.6 Å². The predicted octanol–water partition coefficient (Wildman–Crippen LogP) is 6.07. The molecule has 0 spiro atoms. The number of amides is 2. The van der Waals surface area contributed by atoms with E-state index in [2.05, 4.69) is 10.6 Å². The van der Waals surface area contributed by atoms with E-state index in [1.807, 2.05) is 74.6 Å². The van der Waals surface area contributed by atoms with Crippen molar-refractivity contribution >= 4 is 23.2 Å². The van der Waals surface area contributed by atoms with Crippen LogP contribution in [0.5, 0.6) is 0 Å². The first-order chi connectivity index (χ1) is 18.9. The summed E-state index contributed by atoms with van der Waals surface area (Å²) in [7, 11) is 0. The molecule has 4 aromatic rings. The molecule has 1 unspecified atom stereocenters. The molecule has 3 aromatic carbocycles. The third-order valence-electron chi connectivity index (χ3n) is 7.04. The lowest BCUT2D eigenvalue weighted by molar-refractivity contribution is -0.384. The van der Waals surface area contributed by atoms with Crippen LogP contribution in [0.3, 0.4) is 0 Å². The Hall–Kier alpha value is -4.72. The molecule has 2 amide bonds. The summed E-state index contributed by atoms with van der Waals surface area (Å²) in [6.45, 7) is 4.25. The van der Waals surface area contributed by atoms with Crippen molar-refractivity contribution in [2.75, 3.05) is 18.0 Å². The monoisotopic (exact) mass is 522 g/mol. The average Bonchev–Trinajstić information content (AvgIpc) is 3.44. The average molecular weight is 523 g/mol. The first kappa shape index (κ1) is 25.9. The summed E-state index contributed by atoms with van der Waals surface area (Å²) in [6.07, 6.45) is 3.53. The topological polar surface area (TPSA) is 88.7 Å². The van der Waals surface area contributed by atoms with E-state index in [1.54, 1.807) is 11.0 Å². The Morgan fingerprint density at radius 1 is 0.949 bits per heavy atom. The van der Waals surface area contributed by atoms with E-state index in [1.165, 1.54) is 23.1 Å². The number of benzene rings is 3.